The summed E-state index contributed by atoms with van der Waals surface area (Å²) < 4.78 is 28.4. The van der Waals surface area contributed by atoms with Crippen molar-refractivity contribution in [2.45, 2.75) is 43.1 Å². The molecule has 8 rings (SSSR count). The van der Waals surface area contributed by atoms with Crippen molar-refractivity contribution >= 4 is 51.8 Å². The van der Waals surface area contributed by atoms with E-state index in [9.17, 15) is 14.4 Å². The maximum Gasteiger partial charge on any atom is 0.329 e. The van der Waals surface area contributed by atoms with E-state index in [1.807, 2.05) is 10.6 Å². The predicted molar refractivity (Wildman–Crippen MR) is 201 cm³/mol. The van der Waals surface area contributed by atoms with E-state index in [-0.39, 0.29) is 17.7 Å². The zero-order valence-corrected chi connectivity index (χ0v) is 30.6. The molecule has 0 radical (unpaired) electrons. The van der Waals surface area contributed by atoms with E-state index in [1.165, 1.54) is 6.07 Å². The van der Waals surface area contributed by atoms with Crippen LogP contribution in [0.5, 0.6) is 5.75 Å². The van der Waals surface area contributed by atoms with Gasteiger partial charge in [0.25, 0.3) is 5.56 Å². The smallest absolute Gasteiger partial charge is 0.329 e. The zero-order chi connectivity index (χ0) is 36.3. The maximum atomic E-state index is 15.0. The Labute approximate surface area is 311 Å². The number of ether oxygens (including phenoxy) is 2. The van der Waals surface area contributed by atoms with Gasteiger partial charge in [0.05, 0.1) is 24.1 Å². The first-order valence-corrected chi connectivity index (χ1v) is 19.7. The number of piperazine rings is 1. The van der Waals surface area contributed by atoms with Gasteiger partial charge in [-0.2, -0.15) is 11.8 Å². The van der Waals surface area contributed by atoms with E-state index in [2.05, 4.69) is 47.1 Å². The molecule has 4 saturated heterocycles. The third kappa shape index (κ3) is 8.30. The van der Waals surface area contributed by atoms with E-state index in [1.54, 1.807) is 28.9 Å². The van der Waals surface area contributed by atoms with Crippen molar-refractivity contribution in [1.82, 2.24) is 34.5 Å². The van der Waals surface area contributed by atoms with Gasteiger partial charge in [0.15, 0.2) is 0 Å². The number of fused-ring (bicyclic) bond motifs is 2. The molecule has 53 heavy (non-hydrogen) atoms. The number of imide groups is 1. The molecule has 3 amide bonds. The van der Waals surface area contributed by atoms with Crippen molar-refractivity contribution in [1.29, 1.82) is 0 Å². The number of aromatic amines is 1. The third-order valence-electron chi connectivity index (χ3n) is 10.9. The monoisotopic (exact) mass is 747 g/mol. The number of halogens is 1. The second-order valence-corrected chi connectivity index (χ2v) is 15.6. The second-order valence-electron chi connectivity index (χ2n) is 14.3. The summed E-state index contributed by atoms with van der Waals surface area (Å²) in [5, 5.41) is 2.82. The van der Waals surface area contributed by atoms with E-state index in [0.29, 0.717) is 53.0 Å². The van der Waals surface area contributed by atoms with Gasteiger partial charge >= 0.3 is 6.03 Å². The molecule has 0 atom stereocenters. The van der Waals surface area contributed by atoms with Crippen LogP contribution >= 0.6 is 11.8 Å². The number of hydrogen-bond donors (Lipinski definition) is 2. The number of piperidine rings is 1. The van der Waals surface area contributed by atoms with Gasteiger partial charge in [-0.3, -0.25) is 29.1 Å². The maximum absolute atomic E-state index is 15.0. The number of H-pyrrole nitrogens is 1. The lowest BCUT2D eigenvalue weighted by molar-refractivity contribution is -0.120. The van der Waals surface area contributed by atoms with Gasteiger partial charge in [0, 0.05) is 101 Å². The molecule has 4 fully saturated rings. The van der Waals surface area contributed by atoms with Gasteiger partial charge in [-0.05, 0) is 50.8 Å². The Kier molecular flexibility index (Phi) is 10.8. The van der Waals surface area contributed by atoms with E-state index < -0.39 is 17.4 Å². The molecule has 0 bridgehead atoms. The fraction of sp³-hybridized carbons (Fsp3) is 0.541. The lowest BCUT2D eigenvalue weighted by Crippen LogP contribution is -2.50. The Morgan fingerprint density at radius 1 is 0.943 bits per heavy atom. The molecule has 7 heterocycles. The minimum atomic E-state index is -0.608. The molecule has 16 heteroatoms. The number of hydrogen-bond acceptors (Lipinski definition) is 11. The van der Waals surface area contributed by atoms with Crippen molar-refractivity contribution in [2.75, 3.05) is 88.5 Å². The highest BCUT2D eigenvalue weighted by molar-refractivity contribution is 7.99. The average molecular weight is 748 g/mol. The summed E-state index contributed by atoms with van der Waals surface area (Å²) in [6.07, 6.45) is 7.91. The number of imidazole rings is 1. The van der Waals surface area contributed by atoms with Crippen molar-refractivity contribution in [2.24, 2.45) is 5.92 Å². The molecule has 282 valence electrons. The van der Waals surface area contributed by atoms with Crippen LogP contribution in [0.15, 0.2) is 41.5 Å². The molecule has 1 aromatic carbocycles. The Balaban J connectivity index is 0.768. The summed E-state index contributed by atoms with van der Waals surface area (Å²) in [5.41, 5.74) is 1.75. The highest BCUT2D eigenvalue weighted by Crippen LogP contribution is 2.28. The summed E-state index contributed by atoms with van der Waals surface area (Å²) >= 11 is 1.76. The molecular weight excluding hydrogens is 702 g/mol. The van der Waals surface area contributed by atoms with Gasteiger partial charge in [0.1, 0.15) is 34.2 Å². The number of pyridine rings is 1. The molecular formula is C37H46FN9O5S. The molecule has 0 spiro atoms. The molecule has 0 aliphatic carbocycles. The number of anilines is 2. The molecule has 14 nitrogen and oxygen atoms in total. The van der Waals surface area contributed by atoms with E-state index >= 15 is 4.39 Å². The summed E-state index contributed by atoms with van der Waals surface area (Å²) in [6.45, 7) is 10.2. The summed E-state index contributed by atoms with van der Waals surface area (Å²) in [7, 11) is 0. The Morgan fingerprint density at radius 2 is 1.72 bits per heavy atom. The summed E-state index contributed by atoms with van der Waals surface area (Å²) in [5.74, 6) is 1.71. The van der Waals surface area contributed by atoms with Crippen molar-refractivity contribution in [3.63, 3.8) is 0 Å². The standard InChI is InChI=1S/C37H46FN9O5S/c38-29-20-27(21-30-35(29)36(49)41-31(40-30)24-53-28-5-17-51-18-6-28)52-23-25-1-7-43(8-2-25)11-12-44-13-15-45(16-14-44)26-3-9-46-32(19-26)39-22-34(46)47-10-4-33(48)42-37(47)50/h3,9,19-22,25,28H,1-2,4-8,10-18,23-24H2,(H,40,41,49)(H,42,48,50). The number of likely N-dealkylation sites (tertiary alicyclic amines) is 1. The second kappa shape index (κ2) is 16.0. The minimum absolute atomic E-state index is 0.0247. The van der Waals surface area contributed by atoms with Crippen LogP contribution < -0.4 is 25.4 Å². The number of nitrogens with one attached hydrogen (secondary N) is 2. The molecule has 0 saturated carbocycles. The molecule has 4 aliphatic rings. The lowest BCUT2D eigenvalue weighted by Gasteiger charge is -2.38. The predicted octanol–water partition coefficient (Wildman–Crippen LogP) is 3.48. The van der Waals surface area contributed by atoms with Crippen LogP contribution in [-0.2, 0) is 15.3 Å². The van der Waals surface area contributed by atoms with Gasteiger partial charge in [-0.25, -0.2) is 19.2 Å². The third-order valence-corrected chi connectivity index (χ3v) is 12.3. The Hall–Kier alpha value is -4.25. The Bertz CT molecular complexity index is 2000. The fourth-order valence-corrected chi connectivity index (χ4v) is 8.73. The number of carbonyl (C=O) groups excluding carboxylic acids is 2. The number of amides is 3. The molecule has 2 N–H and O–H groups in total. The van der Waals surface area contributed by atoms with Crippen molar-refractivity contribution in [3.8, 4) is 5.75 Å². The highest BCUT2D eigenvalue weighted by Gasteiger charge is 2.27. The summed E-state index contributed by atoms with van der Waals surface area (Å²) in [4.78, 5) is 57.5. The molecule has 3 aromatic heterocycles. The van der Waals surface area contributed by atoms with Crippen LogP contribution in [0.4, 0.5) is 20.7 Å². The van der Waals surface area contributed by atoms with Gasteiger partial charge in [-0.1, -0.05) is 0 Å². The van der Waals surface area contributed by atoms with Gasteiger partial charge in [0.2, 0.25) is 5.91 Å². The number of urea groups is 1. The van der Waals surface area contributed by atoms with Crippen LogP contribution in [0, 0.1) is 11.7 Å². The number of aromatic nitrogens is 4. The Morgan fingerprint density at radius 3 is 2.49 bits per heavy atom. The molecule has 0 unspecified atom stereocenters. The van der Waals surface area contributed by atoms with Crippen molar-refractivity contribution in [3.05, 3.63) is 58.7 Å². The number of thioether (sulfide) groups is 1. The van der Waals surface area contributed by atoms with Crippen LogP contribution in [0.1, 0.15) is 37.9 Å². The number of carbonyl (C=O) groups is 2. The van der Waals surface area contributed by atoms with Gasteiger partial charge in [-0.15, -0.1) is 0 Å². The molecule has 4 aliphatic heterocycles. The lowest BCUT2D eigenvalue weighted by atomic mass is 9.98. The van der Waals surface area contributed by atoms with Crippen LogP contribution in [0.3, 0.4) is 0 Å². The van der Waals surface area contributed by atoms with Crippen molar-refractivity contribution < 1.29 is 23.5 Å². The van der Waals surface area contributed by atoms with Crippen LogP contribution in [-0.4, -0.2) is 125 Å². The zero-order valence-electron chi connectivity index (χ0n) is 29.8. The number of nitrogens with zero attached hydrogens (tertiary/aromatic N) is 7. The number of benzene rings is 1. The largest absolute Gasteiger partial charge is 0.493 e. The highest BCUT2D eigenvalue weighted by atomic mass is 32.2. The first kappa shape index (κ1) is 35.8. The summed E-state index contributed by atoms with van der Waals surface area (Å²) in [6, 6.07) is 6.70. The quantitative estimate of drug-likeness (QED) is 0.233. The SMILES string of the molecule is O=C1CCN(c2cnc3cc(N4CCN(CCN5CCC(COc6cc(F)c7c(=O)[nH]c(CSC8CCOCC8)nc7c6)CC5)CC4)ccn23)C(=O)N1. The average Bonchev–Trinajstić information content (AvgIpc) is 3.59. The fourth-order valence-electron chi connectivity index (χ4n) is 7.68. The molecule has 4 aromatic rings. The van der Waals surface area contributed by atoms with Crippen LogP contribution in [0.25, 0.3) is 16.6 Å². The minimum Gasteiger partial charge on any atom is -0.493 e. The van der Waals surface area contributed by atoms with E-state index in [0.717, 1.165) is 103 Å². The first-order chi connectivity index (χ1) is 25.9. The topological polar surface area (TPSA) is 141 Å². The normalized spacial score (nSPS) is 20.1. The van der Waals surface area contributed by atoms with E-state index in [4.69, 9.17) is 9.47 Å². The number of rotatable bonds is 11. The van der Waals surface area contributed by atoms with Crippen LogP contribution in [0.2, 0.25) is 0 Å². The first-order valence-electron chi connectivity index (χ1n) is 18.7. The van der Waals surface area contributed by atoms with Gasteiger partial charge < -0.3 is 24.3 Å².